The summed E-state index contributed by atoms with van der Waals surface area (Å²) in [6.07, 6.45) is 2.17. The first-order valence-electron chi connectivity index (χ1n) is 11.0. The smallest absolute Gasteiger partial charge is 0.228 e. The van der Waals surface area contributed by atoms with Gasteiger partial charge in [0, 0.05) is 44.8 Å². The summed E-state index contributed by atoms with van der Waals surface area (Å²) in [7, 11) is 0. The Kier molecular flexibility index (Phi) is 4.91. The van der Waals surface area contributed by atoms with Gasteiger partial charge in [-0.25, -0.2) is 0 Å². The molecule has 0 radical (unpaired) electrons. The number of aryl methyl sites for hydroxylation is 1. The van der Waals surface area contributed by atoms with Crippen molar-refractivity contribution in [2.24, 2.45) is 22.7 Å². The minimum atomic E-state index is -0.0994. The van der Waals surface area contributed by atoms with Crippen LogP contribution in [0.15, 0.2) is 24.3 Å². The normalized spacial score (nSPS) is 33.1. The van der Waals surface area contributed by atoms with Gasteiger partial charge < -0.3 is 15.1 Å². The largest absolute Gasteiger partial charge is 0.368 e. The fraction of sp³-hybridized carbons (Fsp3) is 0.667. The van der Waals surface area contributed by atoms with E-state index in [0.29, 0.717) is 5.92 Å². The van der Waals surface area contributed by atoms with E-state index in [-0.39, 0.29) is 34.6 Å². The van der Waals surface area contributed by atoms with Gasteiger partial charge in [0.25, 0.3) is 0 Å². The molecule has 1 aromatic carbocycles. The first-order chi connectivity index (χ1) is 13.7. The maximum absolute atomic E-state index is 13.7. The van der Waals surface area contributed by atoms with Gasteiger partial charge in [-0.1, -0.05) is 39.0 Å². The monoisotopic (exact) mass is 397 g/mol. The summed E-state index contributed by atoms with van der Waals surface area (Å²) < 4.78 is 0. The van der Waals surface area contributed by atoms with Crippen LogP contribution in [0.1, 0.15) is 46.1 Å². The van der Waals surface area contributed by atoms with Crippen LogP contribution in [0.25, 0.3) is 0 Å². The highest BCUT2D eigenvalue weighted by Crippen LogP contribution is 2.67. The summed E-state index contributed by atoms with van der Waals surface area (Å²) >= 11 is 0. The zero-order valence-electron chi connectivity index (χ0n) is 18.5. The highest BCUT2D eigenvalue weighted by molar-refractivity contribution is 5.83. The minimum absolute atomic E-state index is 0.0212. The van der Waals surface area contributed by atoms with Crippen LogP contribution < -0.4 is 10.2 Å². The highest BCUT2D eigenvalue weighted by atomic mass is 16.2. The number of piperazine rings is 1. The third-order valence-corrected chi connectivity index (χ3v) is 8.54. The number of hydrogen-bond acceptors (Lipinski definition) is 3. The van der Waals surface area contributed by atoms with Crippen molar-refractivity contribution in [2.75, 3.05) is 31.1 Å². The zero-order chi connectivity index (χ0) is 21.0. The number of nitrogens with zero attached hydrogens (tertiary/aromatic N) is 2. The van der Waals surface area contributed by atoms with E-state index in [4.69, 9.17) is 0 Å². The lowest BCUT2D eigenvalue weighted by Crippen LogP contribution is -2.56. The topological polar surface area (TPSA) is 52.7 Å². The number of carbonyl (C=O) groups is 2. The molecule has 3 aliphatic rings. The van der Waals surface area contributed by atoms with Crippen molar-refractivity contribution in [3.05, 3.63) is 29.8 Å². The SMILES string of the molecule is CC(=O)NC1C(C(=O)N2CCN(c3ccccc3C)CC2)C2CC[C@]1(C)C2(C)C. The molecule has 0 aromatic heterocycles. The standard InChI is InChI=1S/C24H35N3O2/c1-16-8-6-7-9-19(16)26-12-14-27(15-13-26)22(29)20-18-10-11-24(5,23(18,3)4)21(20)25-17(2)28/h6-9,18,20-21H,10-15H2,1-5H3,(H,25,28)/t18?,20?,21?,24-/m0/s1. The highest BCUT2D eigenvalue weighted by Gasteiger charge is 2.68. The molecular weight excluding hydrogens is 362 g/mol. The van der Waals surface area contributed by atoms with Gasteiger partial charge in [0.1, 0.15) is 0 Å². The number of amides is 2. The molecule has 2 saturated carbocycles. The molecule has 1 aromatic rings. The van der Waals surface area contributed by atoms with Crippen LogP contribution in [-0.2, 0) is 9.59 Å². The van der Waals surface area contributed by atoms with Gasteiger partial charge in [0.2, 0.25) is 11.8 Å². The second kappa shape index (κ2) is 7.03. The minimum Gasteiger partial charge on any atom is -0.368 e. The molecule has 5 heteroatoms. The first-order valence-corrected chi connectivity index (χ1v) is 11.0. The van der Waals surface area contributed by atoms with Crippen LogP contribution >= 0.6 is 0 Å². The van der Waals surface area contributed by atoms with E-state index in [2.05, 4.69) is 62.2 Å². The fourth-order valence-electron chi connectivity index (χ4n) is 6.45. The Balaban J connectivity index is 1.51. The average Bonchev–Trinajstić information content (AvgIpc) is 3.00. The lowest BCUT2D eigenvalue weighted by molar-refractivity contribution is -0.139. The number of carbonyl (C=O) groups excluding carboxylic acids is 2. The summed E-state index contributed by atoms with van der Waals surface area (Å²) in [5.41, 5.74) is 2.58. The summed E-state index contributed by atoms with van der Waals surface area (Å²) in [6, 6.07) is 8.39. The Morgan fingerprint density at radius 2 is 1.72 bits per heavy atom. The molecule has 2 bridgehead atoms. The molecule has 3 unspecified atom stereocenters. The molecule has 2 amide bonds. The molecule has 29 heavy (non-hydrogen) atoms. The van der Waals surface area contributed by atoms with Crippen molar-refractivity contribution in [3.8, 4) is 0 Å². The van der Waals surface area contributed by atoms with Crippen molar-refractivity contribution in [3.63, 3.8) is 0 Å². The molecule has 1 N–H and O–H groups in total. The Morgan fingerprint density at radius 3 is 2.34 bits per heavy atom. The average molecular weight is 398 g/mol. The number of anilines is 1. The van der Waals surface area contributed by atoms with Gasteiger partial charge >= 0.3 is 0 Å². The second-order valence-electron chi connectivity index (χ2n) is 10.1. The fourth-order valence-corrected chi connectivity index (χ4v) is 6.45. The van der Waals surface area contributed by atoms with E-state index in [1.807, 2.05) is 4.90 Å². The molecular formula is C24H35N3O2. The molecule has 1 saturated heterocycles. The van der Waals surface area contributed by atoms with E-state index < -0.39 is 0 Å². The van der Waals surface area contributed by atoms with E-state index in [9.17, 15) is 9.59 Å². The molecule has 1 aliphatic heterocycles. The van der Waals surface area contributed by atoms with E-state index in [1.165, 1.54) is 11.3 Å². The van der Waals surface area contributed by atoms with Crippen molar-refractivity contribution in [1.29, 1.82) is 0 Å². The van der Waals surface area contributed by atoms with Gasteiger partial charge in [0.15, 0.2) is 0 Å². The summed E-state index contributed by atoms with van der Waals surface area (Å²) in [4.78, 5) is 30.1. The van der Waals surface area contributed by atoms with Crippen LogP contribution in [-0.4, -0.2) is 48.9 Å². The molecule has 3 fully saturated rings. The van der Waals surface area contributed by atoms with E-state index in [0.717, 1.165) is 39.0 Å². The van der Waals surface area contributed by atoms with Crippen molar-refractivity contribution < 1.29 is 9.59 Å². The van der Waals surface area contributed by atoms with Gasteiger partial charge in [0.05, 0.1) is 5.92 Å². The quantitative estimate of drug-likeness (QED) is 0.852. The van der Waals surface area contributed by atoms with E-state index in [1.54, 1.807) is 6.92 Å². The Hall–Kier alpha value is -2.04. The van der Waals surface area contributed by atoms with Crippen LogP contribution in [0.4, 0.5) is 5.69 Å². The molecule has 2 aliphatic carbocycles. The zero-order valence-corrected chi connectivity index (χ0v) is 18.5. The molecule has 5 nitrogen and oxygen atoms in total. The number of hydrogen-bond donors (Lipinski definition) is 1. The van der Waals surface area contributed by atoms with E-state index >= 15 is 0 Å². The van der Waals surface area contributed by atoms with Crippen LogP contribution in [0.5, 0.6) is 0 Å². The number of fused-ring (bicyclic) bond motifs is 2. The lowest BCUT2D eigenvalue weighted by Gasteiger charge is -2.42. The molecule has 158 valence electrons. The molecule has 4 rings (SSSR count). The number of rotatable bonds is 3. The summed E-state index contributed by atoms with van der Waals surface area (Å²) in [6.45, 7) is 13.8. The maximum atomic E-state index is 13.7. The number of para-hydroxylation sites is 1. The Morgan fingerprint density at radius 1 is 1.07 bits per heavy atom. The van der Waals surface area contributed by atoms with Crippen molar-refractivity contribution >= 4 is 17.5 Å². The first kappa shape index (κ1) is 20.2. The van der Waals surface area contributed by atoms with Crippen LogP contribution in [0.3, 0.4) is 0 Å². The lowest BCUT2D eigenvalue weighted by atomic mass is 9.69. The van der Waals surface area contributed by atoms with Gasteiger partial charge in [-0.05, 0) is 48.1 Å². The van der Waals surface area contributed by atoms with Crippen LogP contribution in [0, 0.1) is 29.6 Å². The number of benzene rings is 1. The van der Waals surface area contributed by atoms with Gasteiger partial charge in [-0.3, -0.25) is 9.59 Å². The predicted molar refractivity (Wildman–Crippen MR) is 116 cm³/mol. The van der Waals surface area contributed by atoms with Crippen molar-refractivity contribution in [1.82, 2.24) is 10.2 Å². The molecule has 4 atom stereocenters. The van der Waals surface area contributed by atoms with Gasteiger partial charge in [-0.15, -0.1) is 0 Å². The summed E-state index contributed by atoms with van der Waals surface area (Å²) in [5.74, 6) is 0.459. The number of nitrogens with one attached hydrogen (secondary N) is 1. The molecule has 0 spiro atoms. The third-order valence-electron chi connectivity index (χ3n) is 8.54. The van der Waals surface area contributed by atoms with Crippen molar-refractivity contribution in [2.45, 2.75) is 53.5 Å². The predicted octanol–water partition coefficient (Wildman–Crippen LogP) is 3.22. The van der Waals surface area contributed by atoms with Gasteiger partial charge in [-0.2, -0.15) is 0 Å². The maximum Gasteiger partial charge on any atom is 0.228 e. The second-order valence-corrected chi connectivity index (χ2v) is 10.1. The Bertz CT molecular complexity index is 812. The molecule has 1 heterocycles. The third kappa shape index (κ3) is 3.04. The Labute approximate surface area is 174 Å². The van der Waals surface area contributed by atoms with Crippen LogP contribution in [0.2, 0.25) is 0 Å². The summed E-state index contributed by atoms with van der Waals surface area (Å²) in [5, 5.41) is 3.18.